The summed E-state index contributed by atoms with van der Waals surface area (Å²) in [5.41, 5.74) is 10.8. The van der Waals surface area contributed by atoms with Gasteiger partial charge in [-0.1, -0.05) is 55.7 Å². The summed E-state index contributed by atoms with van der Waals surface area (Å²) in [5, 5.41) is 27.0. The van der Waals surface area contributed by atoms with E-state index in [0.29, 0.717) is 25.8 Å². The van der Waals surface area contributed by atoms with Crippen LogP contribution in [0.15, 0.2) is 0 Å². The number of aliphatic hydroxyl groups is 1. The molecule has 288 valence electrons. The third-order valence-electron chi connectivity index (χ3n) is 8.68. The van der Waals surface area contributed by atoms with Gasteiger partial charge < -0.3 is 48.5 Å². The van der Waals surface area contributed by atoms with E-state index in [0.717, 1.165) is 0 Å². The van der Waals surface area contributed by atoms with Crippen LogP contribution in [-0.2, 0) is 38.4 Å². The molecule has 18 nitrogen and oxygen atoms in total. The van der Waals surface area contributed by atoms with E-state index in [1.165, 1.54) is 28.5 Å². The van der Waals surface area contributed by atoms with E-state index in [1.807, 2.05) is 6.92 Å². The molecule has 8 atom stereocenters. The minimum atomic E-state index is -1.41. The van der Waals surface area contributed by atoms with Crippen molar-refractivity contribution in [2.24, 2.45) is 23.3 Å². The third kappa shape index (κ3) is 14.1. The summed E-state index contributed by atoms with van der Waals surface area (Å²) in [6.07, 6.45) is -0.202. The quantitative estimate of drug-likeness (QED) is 0.0794. The molecule has 8 amide bonds. The Balaban J connectivity index is 2.25. The summed E-state index contributed by atoms with van der Waals surface area (Å²) in [6.45, 7) is 8.24. The van der Waals surface area contributed by atoms with Gasteiger partial charge in [-0.2, -0.15) is 0 Å². The molecule has 0 saturated carbocycles. The molecule has 20 heteroatoms. The Kier molecular flexibility index (Phi) is 18.0. The van der Waals surface area contributed by atoms with Gasteiger partial charge in [0, 0.05) is 25.0 Å². The number of carbonyl (C=O) groups is 8. The second-order valence-corrected chi connectivity index (χ2v) is 15.7. The first-order valence-corrected chi connectivity index (χ1v) is 19.4. The first kappa shape index (κ1) is 43.5. The lowest BCUT2D eigenvalue weighted by Gasteiger charge is -2.33. The SMILES string of the molecule is CC[C@H](C)[C@H](NC(=O)[C@@H]1CCCN1C[C@@H](O)[C@@H]1CSSC[C@@H](NC(C)=O)C(=O)NCC(=O)N[C@@H](CC(N)=O)C(=O)N1)C(=O)N[C@H](C(N)=O)C(C)C. The lowest BCUT2D eigenvalue weighted by Crippen LogP contribution is -2.59. The smallest absolute Gasteiger partial charge is 0.243 e. The Morgan fingerprint density at radius 3 is 2.24 bits per heavy atom. The molecule has 11 N–H and O–H groups in total. The fraction of sp³-hybridized carbons (Fsp3) is 0.742. The average molecular weight is 760 g/mol. The van der Waals surface area contributed by atoms with Crippen molar-refractivity contribution in [3.63, 3.8) is 0 Å². The van der Waals surface area contributed by atoms with E-state index >= 15 is 0 Å². The van der Waals surface area contributed by atoms with Crippen LogP contribution >= 0.6 is 21.6 Å². The molecule has 0 bridgehead atoms. The number of amides is 8. The first-order chi connectivity index (χ1) is 23.9. The molecule has 0 radical (unpaired) electrons. The fourth-order valence-electron chi connectivity index (χ4n) is 5.61. The van der Waals surface area contributed by atoms with E-state index < -0.39 is 103 Å². The van der Waals surface area contributed by atoms with Crippen LogP contribution in [0.5, 0.6) is 0 Å². The standard InChI is InChI=1S/C31H53N9O9S2/c1-6-16(4)26(31(49)38-25(15(2)3)27(33)45)39-30(48)21-8-7-9-40(21)12-22(42)19-13-50-51-14-20(35-17(5)41)28(46)34-11-24(44)36-18(10-23(32)43)29(47)37-19/h15-16,18-22,25-26,42H,6-14H2,1-5H3,(H2,32,43)(H2,33,45)(H,34,46)(H,35,41)(H,36,44)(H,37,47)(H,38,49)(H,39,48)/t16-,18-,19-,20+,21-,22+,25-,26-/m0/s1. The Labute approximate surface area is 305 Å². The first-order valence-electron chi connectivity index (χ1n) is 16.9. The number of likely N-dealkylation sites (tertiary alicyclic amines) is 1. The van der Waals surface area contributed by atoms with Crippen LogP contribution in [0.1, 0.15) is 60.3 Å². The molecule has 0 unspecified atom stereocenters. The van der Waals surface area contributed by atoms with Crippen molar-refractivity contribution in [3.05, 3.63) is 0 Å². The highest BCUT2D eigenvalue weighted by Crippen LogP contribution is 2.25. The average Bonchev–Trinajstić information content (AvgIpc) is 3.51. The van der Waals surface area contributed by atoms with E-state index in [4.69, 9.17) is 11.5 Å². The van der Waals surface area contributed by atoms with Gasteiger partial charge in [0.25, 0.3) is 0 Å². The Bertz CT molecular complexity index is 1290. The van der Waals surface area contributed by atoms with Crippen molar-refractivity contribution in [1.29, 1.82) is 0 Å². The van der Waals surface area contributed by atoms with Crippen LogP contribution in [0.2, 0.25) is 0 Å². The Morgan fingerprint density at radius 2 is 1.65 bits per heavy atom. The predicted octanol–water partition coefficient (Wildman–Crippen LogP) is -3.17. The summed E-state index contributed by atoms with van der Waals surface area (Å²) in [6, 6.07) is -5.94. The topological polar surface area (TPSA) is 284 Å². The molecular weight excluding hydrogens is 707 g/mol. The number of nitrogens with one attached hydrogen (secondary N) is 6. The third-order valence-corrected chi connectivity index (χ3v) is 11.1. The molecule has 0 aromatic carbocycles. The second kappa shape index (κ2) is 21.0. The predicted molar refractivity (Wildman–Crippen MR) is 191 cm³/mol. The molecule has 0 spiro atoms. The number of hydrogen-bond acceptors (Lipinski definition) is 12. The number of aliphatic hydroxyl groups excluding tert-OH is 1. The number of nitrogens with two attached hydrogens (primary N) is 2. The zero-order valence-electron chi connectivity index (χ0n) is 29.7. The maximum absolute atomic E-state index is 13.7. The maximum atomic E-state index is 13.7. The molecule has 2 saturated heterocycles. The van der Waals surface area contributed by atoms with E-state index in [-0.39, 0.29) is 29.9 Å². The summed E-state index contributed by atoms with van der Waals surface area (Å²) in [7, 11) is 2.41. The van der Waals surface area contributed by atoms with Gasteiger partial charge in [-0.15, -0.1) is 0 Å². The van der Waals surface area contributed by atoms with Crippen molar-refractivity contribution < 1.29 is 43.5 Å². The van der Waals surface area contributed by atoms with Crippen LogP contribution < -0.4 is 43.4 Å². The highest BCUT2D eigenvalue weighted by atomic mass is 33.1. The van der Waals surface area contributed by atoms with Crippen molar-refractivity contribution in [2.75, 3.05) is 31.1 Å². The number of hydrogen-bond donors (Lipinski definition) is 9. The van der Waals surface area contributed by atoms with Gasteiger partial charge in [0.15, 0.2) is 0 Å². The molecule has 2 rings (SSSR count). The normalized spacial score (nSPS) is 24.8. The molecule has 0 aromatic heterocycles. The molecule has 2 aliphatic rings. The highest BCUT2D eigenvalue weighted by molar-refractivity contribution is 8.76. The zero-order valence-corrected chi connectivity index (χ0v) is 31.3. The van der Waals surface area contributed by atoms with Crippen molar-refractivity contribution >= 4 is 68.8 Å². The van der Waals surface area contributed by atoms with Gasteiger partial charge in [-0.25, -0.2) is 0 Å². The van der Waals surface area contributed by atoms with E-state index in [9.17, 15) is 43.5 Å². The number of β-amino-alcohol motifs (C(OH)–C–C–N with tert-alkyl or cyclic N) is 1. The van der Waals surface area contributed by atoms with Gasteiger partial charge in [0.1, 0.15) is 24.2 Å². The lowest BCUT2D eigenvalue weighted by molar-refractivity contribution is -0.134. The van der Waals surface area contributed by atoms with Crippen molar-refractivity contribution in [1.82, 2.24) is 36.8 Å². The molecule has 0 aliphatic carbocycles. The lowest BCUT2D eigenvalue weighted by atomic mass is 9.96. The van der Waals surface area contributed by atoms with Crippen molar-refractivity contribution in [2.45, 2.75) is 103 Å². The van der Waals surface area contributed by atoms with E-state index in [2.05, 4.69) is 31.9 Å². The summed E-state index contributed by atoms with van der Waals surface area (Å²) < 4.78 is 0. The highest BCUT2D eigenvalue weighted by Gasteiger charge is 2.38. The second-order valence-electron chi connectivity index (χ2n) is 13.2. The van der Waals surface area contributed by atoms with Crippen LogP contribution in [0.3, 0.4) is 0 Å². The largest absolute Gasteiger partial charge is 0.390 e. The monoisotopic (exact) mass is 759 g/mol. The molecule has 2 heterocycles. The Hall–Kier alpha value is -3.62. The van der Waals surface area contributed by atoms with Gasteiger partial charge in [-0.05, 0) is 31.2 Å². The van der Waals surface area contributed by atoms with Crippen LogP contribution in [0.25, 0.3) is 0 Å². The van der Waals surface area contributed by atoms with Crippen LogP contribution in [0.4, 0.5) is 0 Å². The van der Waals surface area contributed by atoms with Gasteiger partial charge in [0.05, 0.1) is 31.2 Å². The molecular formula is C31H53N9O9S2. The minimum Gasteiger partial charge on any atom is -0.390 e. The minimum absolute atomic E-state index is 0.0602. The Morgan fingerprint density at radius 1 is 0.980 bits per heavy atom. The number of primary amides is 2. The maximum Gasteiger partial charge on any atom is 0.243 e. The summed E-state index contributed by atoms with van der Waals surface area (Å²) in [5.74, 6) is -5.54. The summed E-state index contributed by atoms with van der Waals surface area (Å²) >= 11 is 0. The van der Waals surface area contributed by atoms with Gasteiger partial charge >= 0.3 is 0 Å². The fourth-order valence-corrected chi connectivity index (χ4v) is 8.06. The molecule has 0 aromatic rings. The summed E-state index contributed by atoms with van der Waals surface area (Å²) in [4.78, 5) is 103. The van der Waals surface area contributed by atoms with Crippen LogP contribution in [-0.4, -0.2) is 131 Å². The van der Waals surface area contributed by atoms with Crippen LogP contribution in [0, 0.1) is 11.8 Å². The number of nitrogens with zero attached hydrogens (tertiary/aromatic N) is 1. The molecule has 51 heavy (non-hydrogen) atoms. The molecule has 2 aliphatic heterocycles. The number of carbonyl (C=O) groups excluding carboxylic acids is 8. The van der Waals surface area contributed by atoms with E-state index in [1.54, 1.807) is 25.7 Å². The molecule has 2 fully saturated rings. The van der Waals surface area contributed by atoms with Gasteiger partial charge in [-0.3, -0.25) is 43.3 Å². The number of rotatable bonds is 14. The van der Waals surface area contributed by atoms with Crippen molar-refractivity contribution in [3.8, 4) is 0 Å². The van der Waals surface area contributed by atoms with Gasteiger partial charge in [0.2, 0.25) is 47.3 Å². The zero-order chi connectivity index (χ0) is 38.4.